The van der Waals surface area contributed by atoms with Gasteiger partial charge in [0.25, 0.3) is 0 Å². The second-order valence-corrected chi connectivity index (χ2v) is 4.81. The zero-order valence-electron chi connectivity index (χ0n) is 11.6. The summed E-state index contributed by atoms with van der Waals surface area (Å²) in [6, 6.07) is 5.55. The zero-order valence-corrected chi connectivity index (χ0v) is 11.6. The van der Waals surface area contributed by atoms with E-state index in [4.69, 9.17) is 9.47 Å². The number of hydrogen-bond acceptors (Lipinski definition) is 4. The lowest BCUT2D eigenvalue weighted by Crippen LogP contribution is -2.32. The molecule has 0 bridgehead atoms. The molecule has 0 saturated carbocycles. The number of hydrogen-bond donors (Lipinski definition) is 1. The first-order valence-electron chi connectivity index (χ1n) is 6.20. The molecule has 0 unspecified atom stereocenters. The van der Waals surface area contributed by atoms with Gasteiger partial charge in [-0.3, -0.25) is 4.79 Å². The largest absolute Gasteiger partial charge is 0.497 e. The molecule has 1 aromatic carbocycles. The van der Waals surface area contributed by atoms with Crippen molar-refractivity contribution < 1.29 is 14.3 Å². The van der Waals surface area contributed by atoms with Gasteiger partial charge in [-0.15, -0.1) is 0 Å². The van der Waals surface area contributed by atoms with Crippen molar-refractivity contribution in [3.63, 3.8) is 0 Å². The predicted molar refractivity (Wildman–Crippen MR) is 72.3 cm³/mol. The van der Waals surface area contributed by atoms with Crippen LogP contribution in [0.5, 0.6) is 5.75 Å². The van der Waals surface area contributed by atoms with Gasteiger partial charge in [0.15, 0.2) is 0 Å². The molecule has 0 aliphatic rings. The molecule has 102 valence electrons. The summed E-state index contributed by atoms with van der Waals surface area (Å²) >= 11 is 0. The van der Waals surface area contributed by atoms with E-state index in [-0.39, 0.29) is 5.97 Å². The Morgan fingerprint density at radius 2 is 2.16 bits per heavy atom. The number of H-pyrrole nitrogens is 1. The van der Waals surface area contributed by atoms with Crippen LogP contribution in [0, 0.1) is 0 Å². The van der Waals surface area contributed by atoms with Crippen LogP contribution in [0.4, 0.5) is 0 Å². The van der Waals surface area contributed by atoms with Gasteiger partial charge < -0.3 is 14.5 Å². The van der Waals surface area contributed by atoms with E-state index in [1.54, 1.807) is 27.9 Å². The lowest BCUT2D eigenvalue weighted by atomic mass is 9.93. The first kappa shape index (κ1) is 13.4. The number of nitrogens with one attached hydrogen (secondary N) is 1. The van der Waals surface area contributed by atoms with Crippen LogP contribution in [0.3, 0.4) is 0 Å². The Balaban J connectivity index is 2.42. The minimum absolute atomic E-state index is 0.291. The summed E-state index contributed by atoms with van der Waals surface area (Å²) in [5.74, 6) is 1.05. The van der Waals surface area contributed by atoms with Gasteiger partial charge in [0.1, 0.15) is 17.0 Å². The first-order valence-corrected chi connectivity index (χ1v) is 6.20. The molecular weight excluding hydrogens is 244 g/mol. The van der Waals surface area contributed by atoms with Crippen LogP contribution in [0.1, 0.15) is 26.6 Å². The maximum Gasteiger partial charge on any atom is 0.319 e. The number of methoxy groups -OCH3 is 1. The number of rotatable bonds is 4. The highest BCUT2D eigenvalue weighted by Gasteiger charge is 2.34. The van der Waals surface area contributed by atoms with E-state index in [1.807, 2.05) is 18.2 Å². The molecule has 0 amide bonds. The summed E-state index contributed by atoms with van der Waals surface area (Å²) in [5, 5.41) is 0. The second kappa shape index (κ2) is 4.91. The minimum atomic E-state index is -0.803. The van der Waals surface area contributed by atoms with E-state index in [0.717, 1.165) is 16.8 Å². The Kier molecular flexibility index (Phi) is 3.46. The van der Waals surface area contributed by atoms with Crippen LogP contribution in [-0.4, -0.2) is 29.7 Å². The Morgan fingerprint density at radius 1 is 1.42 bits per heavy atom. The lowest BCUT2D eigenvalue weighted by Gasteiger charge is -2.19. The first-order chi connectivity index (χ1) is 8.98. The number of aromatic nitrogens is 2. The van der Waals surface area contributed by atoms with Crippen LogP contribution in [0.15, 0.2) is 18.2 Å². The number of ether oxygens (including phenoxy) is 2. The van der Waals surface area contributed by atoms with E-state index >= 15 is 0 Å². The van der Waals surface area contributed by atoms with Crippen LogP contribution >= 0.6 is 0 Å². The topological polar surface area (TPSA) is 64.2 Å². The Morgan fingerprint density at radius 3 is 2.79 bits per heavy atom. The van der Waals surface area contributed by atoms with Crippen LogP contribution in [0.25, 0.3) is 11.0 Å². The van der Waals surface area contributed by atoms with Gasteiger partial charge in [0, 0.05) is 6.07 Å². The van der Waals surface area contributed by atoms with Crippen LogP contribution in [0.2, 0.25) is 0 Å². The molecule has 19 heavy (non-hydrogen) atoms. The number of esters is 1. The van der Waals surface area contributed by atoms with E-state index < -0.39 is 5.41 Å². The van der Waals surface area contributed by atoms with E-state index in [2.05, 4.69) is 9.97 Å². The SMILES string of the molecule is CCOC(=O)C(C)(C)c1nc2ccc(OC)cc2[nH]1. The number of benzene rings is 1. The molecule has 0 atom stereocenters. The van der Waals surface area contributed by atoms with Gasteiger partial charge in [0.2, 0.25) is 0 Å². The quantitative estimate of drug-likeness (QED) is 0.859. The van der Waals surface area contributed by atoms with Gasteiger partial charge in [-0.05, 0) is 32.9 Å². The summed E-state index contributed by atoms with van der Waals surface area (Å²) in [7, 11) is 1.61. The highest BCUT2D eigenvalue weighted by molar-refractivity contribution is 5.84. The highest BCUT2D eigenvalue weighted by Crippen LogP contribution is 2.26. The molecule has 2 aromatic rings. The second-order valence-electron chi connectivity index (χ2n) is 4.81. The summed E-state index contributed by atoms with van der Waals surface area (Å²) in [6.45, 7) is 5.73. The number of nitrogens with zero attached hydrogens (tertiary/aromatic N) is 1. The minimum Gasteiger partial charge on any atom is -0.497 e. The molecule has 0 saturated heterocycles. The Labute approximate surface area is 111 Å². The number of aromatic amines is 1. The molecule has 0 aliphatic heterocycles. The average Bonchev–Trinajstić information content (AvgIpc) is 2.82. The summed E-state index contributed by atoms with van der Waals surface area (Å²) < 4.78 is 10.2. The fourth-order valence-corrected chi connectivity index (χ4v) is 1.82. The fourth-order valence-electron chi connectivity index (χ4n) is 1.82. The number of imidazole rings is 1. The van der Waals surface area contributed by atoms with E-state index in [9.17, 15) is 4.79 Å². The lowest BCUT2D eigenvalue weighted by molar-refractivity contribution is -0.149. The van der Waals surface area contributed by atoms with Gasteiger partial charge >= 0.3 is 5.97 Å². The predicted octanol–water partition coefficient (Wildman–Crippen LogP) is 2.41. The van der Waals surface area contributed by atoms with E-state index in [1.165, 1.54) is 0 Å². The third kappa shape index (κ3) is 2.41. The smallest absolute Gasteiger partial charge is 0.319 e. The normalized spacial score (nSPS) is 11.6. The highest BCUT2D eigenvalue weighted by atomic mass is 16.5. The Bertz CT molecular complexity index is 602. The molecule has 5 nitrogen and oxygen atoms in total. The molecule has 0 spiro atoms. The number of carbonyl (C=O) groups is 1. The van der Waals surface area contributed by atoms with E-state index in [0.29, 0.717) is 12.4 Å². The zero-order chi connectivity index (χ0) is 14.0. The Hall–Kier alpha value is -2.04. The molecule has 0 fully saturated rings. The summed E-state index contributed by atoms with van der Waals surface area (Å²) in [4.78, 5) is 19.6. The van der Waals surface area contributed by atoms with Crippen molar-refractivity contribution in [1.82, 2.24) is 9.97 Å². The standard InChI is InChI=1S/C14H18N2O3/c1-5-19-13(17)14(2,3)12-15-10-7-6-9(18-4)8-11(10)16-12/h6-8H,5H2,1-4H3,(H,15,16). The maximum absolute atomic E-state index is 12.0. The molecule has 2 rings (SSSR count). The third-order valence-electron chi connectivity index (χ3n) is 3.07. The monoisotopic (exact) mass is 262 g/mol. The average molecular weight is 262 g/mol. The van der Waals surface area contributed by atoms with Crippen molar-refractivity contribution in [3.05, 3.63) is 24.0 Å². The molecule has 1 aromatic heterocycles. The van der Waals surface area contributed by atoms with Gasteiger partial charge in [-0.1, -0.05) is 0 Å². The van der Waals surface area contributed by atoms with Crippen molar-refractivity contribution in [2.24, 2.45) is 0 Å². The fraction of sp³-hybridized carbons (Fsp3) is 0.429. The molecule has 0 aliphatic carbocycles. The summed E-state index contributed by atoms with van der Waals surface area (Å²) in [6.07, 6.45) is 0. The van der Waals surface area contributed by atoms with Crippen molar-refractivity contribution in [3.8, 4) is 5.75 Å². The maximum atomic E-state index is 12.0. The van der Waals surface area contributed by atoms with Crippen molar-refractivity contribution in [1.29, 1.82) is 0 Å². The van der Waals surface area contributed by atoms with Gasteiger partial charge in [-0.2, -0.15) is 0 Å². The van der Waals surface area contributed by atoms with Gasteiger partial charge in [-0.25, -0.2) is 4.98 Å². The van der Waals surface area contributed by atoms with Crippen molar-refractivity contribution >= 4 is 17.0 Å². The summed E-state index contributed by atoms with van der Waals surface area (Å²) in [5.41, 5.74) is 0.835. The number of carbonyl (C=O) groups excluding carboxylic acids is 1. The van der Waals surface area contributed by atoms with Crippen LogP contribution < -0.4 is 4.74 Å². The molecule has 5 heteroatoms. The molecule has 1 N–H and O–H groups in total. The molecule has 0 radical (unpaired) electrons. The molecular formula is C14H18N2O3. The number of fused-ring (bicyclic) bond motifs is 1. The molecule has 1 heterocycles. The third-order valence-corrected chi connectivity index (χ3v) is 3.07. The van der Waals surface area contributed by atoms with Gasteiger partial charge in [0.05, 0.1) is 24.8 Å². The van der Waals surface area contributed by atoms with Crippen molar-refractivity contribution in [2.45, 2.75) is 26.2 Å². The van der Waals surface area contributed by atoms with Crippen LogP contribution in [-0.2, 0) is 14.9 Å². The van der Waals surface area contributed by atoms with Crippen molar-refractivity contribution in [2.75, 3.05) is 13.7 Å².